The number of carbonyl (C=O) groups is 1. The molecule has 0 unspecified atom stereocenters. The molecule has 0 atom stereocenters. The van der Waals surface area contributed by atoms with Crippen LogP contribution in [0.4, 0.5) is 5.69 Å². The van der Waals surface area contributed by atoms with Gasteiger partial charge in [-0.1, -0.05) is 0 Å². The summed E-state index contributed by atoms with van der Waals surface area (Å²) in [6.45, 7) is 0.598. The lowest BCUT2D eigenvalue weighted by molar-refractivity contribution is 0.0697. The van der Waals surface area contributed by atoms with Gasteiger partial charge < -0.3 is 10.4 Å². The Morgan fingerprint density at radius 1 is 1.33 bits per heavy atom. The van der Waals surface area contributed by atoms with E-state index >= 15 is 0 Å². The highest BCUT2D eigenvalue weighted by atomic mass is 32.1. The van der Waals surface area contributed by atoms with Crippen LogP contribution in [0.5, 0.6) is 0 Å². The third kappa shape index (κ3) is 3.09. The van der Waals surface area contributed by atoms with Gasteiger partial charge in [-0.2, -0.15) is 5.10 Å². The molecule has 0 aliphatic carbocycles. The number of benzene rings is 1. The van der Waals surface area contributed by atoms with Gasteiger partial charge in [-0.05, 0) is 30.3 Å². The van der Waals surface area contributed by atoms with Gasteiger partial charge in [-0.15, -0.1) is 11.3 Å². The number of carboxylic acid groups (broad SMARTS) is 1. The molecule has 1 aromatic carbocycles. The number of nitrogens with zero attached hydrogens (tertiary/aromatic N) is 3. The maximum Gasteiger partial charge on any atom is 0.336 e. The SMILES string of the molecule is O=C(O)c1csc(CNc2ccc(-n3cncn3)cc2)c1. The summed E-state index contributed by atoms with van der Waals surface area (Å²) in [5, 5.41) is 17.8. The van der Waals surface area contributed by atoms with E-state index in [4.69, 9.17) is 5.11 Å². The van der Waals surface area contributed by atoms with Crippen molar-refractivity contribution in [3.8, 4) is 5.69 Å². The highest BCUT2D eigenvalue weighted by Gasteiger charge is 2.06. The monoisotopic (exact) mass is 300 g/mol. The van der Waals surface area contributed by atoms with Crippen LogP contribution in [0.25, 0.3) is 5.69 Å². The smallest absolute Gasteiger partial charge is 0.336 e. The Labute approximate surface area is 124 Å². The average Bonchev–Trinajstić information content (AvgIpc) is 3.17. The first-order valence-corrected chi connectivity index (χ1v) is 7.10. The summed E-state index contributed by atoms with van der Waals surface area (Å²) in [5.74, 6) is -0.894. The van der Waals surface area contributed by atoms with E-state index in [9.17, 15) is 4.79 Å². The Morgan fingerprint density at radius 2 is 2.14 bits per heavy atom. The molecular formula is C14H12N4O2S. The molecule has 0 amide bonds. The van der Waals surface area contributed by atoms with Crippen molar-refractivity contribution in [3.05, 3.63) is 58.8 Å². The van der Waals surface area contributed by atoms with Crippen LogP contribution in [0.3, 0.4) is 0 Å². The summed E-state index contributed by atoms with van der Waals surface area (Å²) in [5.41, 5.74) is 2.23. The van der Waals surface area contributed by atoms with E-state index in [2.05, 4.69) is 15.4 Å². The molecule has 0 spiro atoms. The molecule has 0 bridgehead atoms. The van der Waals surface area contributed by atoms with Crippen LogP contribution in [0.15, 0.2) is 48.4 Å². The van der Waals surface area contributed by atoms with Gasteiger partial charge in [0.15, 0.2) is 0 Å². The van der Waals surface area contributed by atoms with Gasteiger partial charge in [-0.25, -0.2) is 14.5 Å². The Hall–Kier alpha value is -2.67. The van der Waals surface area contributed by atoms with Gasteiger partial charge >= 0.3 is 5.97 Å². The fourth-order valence-electron chi connectivity index (χ4n) is 1.85. The van der Waals surface area contributed by atoms with E-state index in [-0.39, 0.29) is 0 Å². The number of aromatic carboxylic acids is 1. The first-order valence-electron chi connectivity index (χ1n) is 6.22. The molecular weight excluding hydrogens is 288 g/mol. The minimum absolute atomic E-state index is 0.332. The van der Waals surface area contributed by atoms with E-state index in [1.165, 1.54) is 17.7 Å². The molecule has 0 radical (unpaired) electrons. The molecule has 0 aliphatic heterocycles. The standard InChI is InChI=1S/C14H12N4O2S/c19-14(20)10-5-13(21-7-10)6-16-11-1-3-12(4-2-11)18-9-15-8-17-18/h1-5,7-9,16H,6H2,(H,19,20). The second-order valence-electron chi connectivity index (χ2n) is 4.35. The number of hydrogen-bond donors (Lipinski definition) is 2. The normalized spacial score (nSPS) is 10.5. The molecule has 7 heteroatoms. The summed E-state index contributed by atoms with van der Waals surface area (Å²) in [6, 6.07) is 9.46. The number of nitrogens with one attached hydrogen (secondary N) is 1. The molecule has 6 nitrogen and oxygen atoms in total. The molecule has 21 heavy (non-hydrogen) atoms. The van der Waals surface area contributed by atoms with Gasteiger partial charge in [0.2, 0.25) is 0 Å². The van der Waals surface area contributed by atoms with Crippen LogP contribution in [0, 0.1) is 0 Å². The van der Waals surface area contributed by atoms with Crippen molar-refractivity contribution in [2.75, 3.05) is 5.32 Å². The zero-order valence-electron chi connectivity index (χ0n) is 10.9. The average molecular weight is 300 g/mol. The van der Waals surface area contributed by atoms with E-state index in [0.29, 0.717) is 12.1 Å². The predicted molar refractivity (Wildman–Crippen MR) is 80.0 cm³/mol. The van der Waals surface area contributed by atoms with Gasteiger partial charge in [0.05, 0.1) is 11.3 Å². The lowest BCUT2D eigenvalue weighted by Crippen LogP contribution is -1.99. The van der Waals surface area contributed by atoms with E-state index in [1.54, 1.807) is 22.5 Å². The summed E-state index contributed by atoms with van der Waals surface area (Å²) < 4.78 is 1.68. The maximum absolute atomic E-state index is 10.8. The lowest BCUT2D eigenvalue weighted by atomic mass is 10.2. The van der Waals surface area contributed by atoms with Crippen molar-refractivity contribution < 1.29 is 9.90 Å². The third-order valence-electron chi connectivity index (χ3n) is 2.92. The number of rotatable bonds is 5. The summed E-state index contributed by atoms with van der Waals surface area (Å²) in [7, 11) is 0. The van der Waals surface area contributed by atoms with Crippen molar-refractivity contribution >= 4 is 23.0 Å². The van der Waals surface area contributed by atoms with Crippen molar-refractivity contribution in [3.63, 3.8) is 0 Å². The zero-order valence-corrected chi connectivity index (χ0v) is 11.7. The Bertz CT molecular complexity index is 735. The Kier molecular flexibility index (Phi) is 3.65. The highest BCUT2D eigenvalue weighted by Crippen LogP contribution is 2.18. The van der Waals surface area contributed by atoms with Crippen LogP contribution < -0.4 is 5.32 Å². The summed E-state index contributed by atoms with van der Waals surface area (Å²) in [6.07, 6.45) is 3.13. The van der Waals surface area contributed by atoms with Gasteiger partial charge in [0.25, 0.3) is 0 Å². The van der Waals surface area contributed by atoms with E-state index in [1.807, 2.05) is 24.3 Å². The molecule has 2 aromatic heterocycles. The lowest BCUT2D eigenvalue weighted by Gasteiger charge is -2.06. The van der Waals surface area contributed by atoms with Gasteiger partial charge in [-0.3, -0.25) is 0 Å². The fourth-order valence-corrected chi connectivity index (χ4v) is 2.65. The molecule has 0 fully saturated rings. The van der Waals surface area contributed by atoms with Gasteiger partial charge in [0.1, 0.15) is 12.7 Å². The van der Waals surface area contributed by atoms with E-state index < -0.39 is 5.97 Å². The van der Waals surface area contributed by atoms with E-state index in [0.717, 1.165) is 16.3 Å². The fraction of sp³-hybridized carbons (Fsp3) is 0.0714. The van der Waals surface area contributed by atoms with Crippen LogP contribution >= 0.6 is 11.3 Å². The number of carboxylic acids is 1. The Morgan fingerprint density at radius 3 is 2.76 bits per heavy atom. The minimum Gasteiger partial charge on any atom is -0.478 e. The predicted octanol–water partition coefficient (Wildman–Crippen LogP) is 2.64. The number of hydrogen-bond acceptors (Lipinski definition) is 5. The first kappa shape index (κ1) is 13.3. The summed E-state index contributed by atoms with van der Waals surface area (Å²) in [4.78, 5) is 15.7. The largest absolute Gasteiger partial charge is 0.478 e. The minimum atomic E-state index is -0.894. The number of aromatic nitrogens is 3. The van der Waals surface area contributed by atoms with Crippen LogP contribution in [-0.4, -0.2) is 25.8 Å². The number of thiophene rings is 1. The zero-order chi connectivity index (χ0) is 14.7. The third-order valence-corrected chi connectivity index (χ3v) is 3.85. The molecule has 2 N–H and O–H groups in total. The second-order valence-corrected chi connectivity index (χ2v) is 5.34. The van der Waals surface area contributed by atoms with Crippen molar-refractivity contribution in [1.29, 1.82) is 0 Å². The van der Waals surface area contributed by atoms with Crippen molar-refractivity contribution in [1.82, 2.24) is 14.8 Å². The van der Waals surface area contributed by atoms with Crippen molar-refractivity contribution in [2.24, 2.45) is 0 Å². The highest BCUT2D eigenvalue weighted by molar-refractivity contribution is 7.10. The molecule has 3 aromatic rings. The maximum atomic E-state index is 10.8. The van der Waals surface area contributed by atoms with Crippen LogP contribution in [0.1, 0.15) is 15.2 Å². The van der Waals surface area contributed by atoms with Crippen molar-refractivity contribution in [2.45, 2.75) is 6.54 Å². The molecule has 3 rings (SSSR count). The Balaban J connectivity index is 1.64. The topological polar surface area (TPSA) is 80.0 Å². The van der Waals surface area contributed by atoms with Gasteiger partial charge in [0, 0.05) is 22.5 Å². The van der Waals surface area contributed by atoms with Crippen LogP contribution in [0.2, 0.25) is 0 Å². The number of anilines is 1. The second kappa shape index (κ2) is 5.76. The quantitative estimate of drug-likeness (QED) is 0.757. The van der Waals surface area contributed by atoms with Crippen LogP contribution in [-0.2, 0) is 6.54 Å². The molecule has 106 valence electrons. The molecule has 0 saturated heterocycles. The molecule has 0 aliphatic rings. The molecule has 0 saturated carbocycles. The molecule has 2 heterocycles. The summed E-state index contributed by atoms with van der Waals surface area (Å²) >= 11 is 1.43. The first-order chi connectivity index (χ1) is 10.2.